The molecule has 0 radical (unpaired) electrons. The molecule has 0 heterocycles. The second-order valence-electron chi connectivity index (χ2n) is 7.65. The molecule has 4 N–H and O–H groups in total. The molecule has 0 aromatic carbocycles. The fourth-order valence-corrected chi connectivity index (χ4v) is 3.27. The average molecular weight is 436 g/mol. The summed E-state index contributed by atoms with van der Waals surface area (Å²) in [7, 11) is -0.469. The quantitative estimate of drug-likeness (QED) is 0.106. The van der Waals surface area contributed by atoms with Crippen LogP contribution in [-0.2, 0) is 18.8 Å². The Hall–Kier alpha value is -0.590. The van der Waals surface area contributed by atoms with E-state index in [1.54, 1.807) is 0 Å². The normalized spacial score (nSPS) is 14.6. The Labute approximate surface area is 177 Å². The zero-order valence-corrected chi connectivity index (χ0v) is 19.0. The molecule has 172 valence electrons. The smallest absolute Gasteiger partial charge is 0.305 e. The second kappa shape index (κ2) is 20.7. The van der Waals surface area contributed by atoms with Crippen molar-refractivity contribution in [2.24, 2.45) is 5.73 Å². The minimum Gasteiger partial charge on any atom is -0.463 e. The molecule has 0 aromatic rings. The number of esters is 1. The lowest BCUT2D eigenvalue weighted by Gasteiger charge is -2.16. The molecule has 0 aliphatic heterocycles. The molecule has 0 rings (SSSR count). The zero-order chi connectivity index (χ0) is 21.7. The monoisotopic (exact) mass is 435 g/mol. The summed E-state index contributed by atoms with van der Waals surface area (Å²) < 4.78 is 20.7. The summed E-state index contributed by atoms with van der Waals surface area (Å²) in [6.07, 6.45) is 14.1. The van der Waals surface area contributed by atoms with Crippen molar-refractivity contribution < 1.29 is 29.0 Å². The van der Waals surface area contributed by atoms with Gasteiger partial charge >= 0.3 is 5.97 Å². The van der Waals surface area contributed by atoms with Crippen molar-refractivity contribution in [3.05, 3.63) is 0 Å². The van der Waals surface area contributed by atoms with E-state index in [0.717, 1.165) is 19.3 Å². The minimum atomic E-state index is -1.40. The van der Waals surface area contributed by atoms with E-state index in [1.807, 2.05) is 0 Å². The summed E-state index contributed by atoms with van der Waals surface area (Å²) in [4.78, 5) is 11.7. The minimum absolute atomic E-state index is 0.194. The fourth-order valence-electron chi connectivity index (χ4n) is 3.00. The molecule has 0 saturated heterocycles. The molecular formula is C21H42NO6P. The maximum atomic E-state index is 11.7. The first-order valence-corrected chi connectivity index (χ1v) is 12.1. The number of ether oxygens (including phenoxy) is 2. The highest BCUT2D eigenvalue weighted by Gasteiger charge is 2.18. The van der Waals surface area contributed by atoms with E-state index in [4.69, 9.17) is 20.3 Å². The Balaban J connectivity index is 3.42. The van der Waals surface area contributed by atoms with Crippen LogP contribution in [0.15, 0.2) is 0 Å². The number of aliphatic hydroxyl groups is 2. The molecule has 0 amide bonds. The van der Waals surface area contributed by atoms with Gasteiger partial charge in [0.05, 0.1) is 6.61 Å². The molecule has 0 bridgehead atoms. The van der Waals surface area contributed by atoms with Gasteiger partial charge in [-0.05, 0) is 6.42 Å². The van der Waals surface area contributed by atoms with Crippen LogP contribution in [0.1, 0.15) is 96.8 Å². The molecule has 7 nitrogen and oxygen atoms in total. The van der Waals surface area contributed by atoms with Crippen molar-refractivity contribution in [1.29, 1.82) is 0 Å². The van der Waals surface area contributed by atoms with Crippen molar-refractivity contribution in [1.82, 2.24) is 0 Å². The number of hydrogen-bond acceptors (Lipinski definition) is 7. The van der Waals surface area contributed by atoms with Crippen LogP contribution in [0.5, 0.6) is 0 Å². The molecular weight excluding hydrogens is 393 g/mol. The molecule has 29 heavy (non-hydrogen) atoms. The van der Waals surface area contributed by atoms with E-state index in [0.29, 0.717) is 6.42 Å². The molecule has 0 aromatic heterocycles. The third-order valence-corrected chi connectivity index (χ3v) is 5.44. The first-order valence-electron chi connectivity index (χ1n) is 11.2. The first-order chi connectivity index (χ1) is 14.0. The molecule has 3 unspecified atom stereocenters. The summed E-state index contributed by atoms with van der Waals surface area (Å²) in [5.41, 5.74) is 5.15. The SMILES string of the molecule is CCCCCCCCCCCCCCCC(=O)OCC(O)COC(P=O)C(N)O. The van der Waals surface area contributed by atoms with Gasteiger partial charge in [0.2, 0.25) is 0 Å². The highest BCUT2D eigenvalue weighted by molar-refractivity contribution is 7.24. The highest BCUT2D eigenvalue weighted by Crippen LogP contribution is 2.13. The summed E-state index contributed by atoms with van der Waals surface area (Å²) >= 11 is 0. The van der Waals surface area contributed by atoms with Crippen molar-refractivity contribution in [3.63, 3.8) is 0 Å². The van der Waals surface area contributed by atoms with Gasteiger partial charge in [0, 0.05) is 6.42 Å². The van der Waals surface area contributed by atoms with Gasteiger partial charge in [-0.3, -0.25) is 9.36 Å². The third-order valence-electron chi connectivity index (χ3n) is 4.78. The van der Waals surface area contributed by atoms with Crippen LogP contribution in [0.3, 0.4) is 0 Å². The van der Waals surface area contributed by atoms with Crippen LogP contribution in [0.25, 0.3) is 0 Å². The Morgan fingerprint density at radius 3 is 1.79 bits per heavy atom. The number of unbranched alkanes of at least 4 members (excludes halogenated alkanes) is 12. The predicted molar refractivity (Wildman–Crippen MR) is 115 cm³/mol. The van der Waals surface area contributed by atoms with Crippen LogP contribution in [0, 0.1) is 0 Å². The van der Waals surface area contributed by atoms with Gasteiger partial charge in [-0.25, -0.2) is 0 Å². The van der Waals surface area contributed by atoms with Crippen LogP contribution < -0.4 is 5.73 Å². The summed E-state index contributed by atoms with van der Waals surface area (Å²) in [6, 6.07) is 0. The van der Waals surface area contributed by atoms with Crippen molar-refractivity contribution >= 4 is 14.4 Å². The van der Waals surface area contributed by atoms with E-state index >= 15 is 0 Å². The number of nitrogens with two attached hydrogens (primary N) is 1. The fraction of sp³-hybridized carbons (Fsp3) is 0.952. The summed E-state index contributed by atoms with van der Waals surface area (Å²) in [6.45, 7) is 1.83. The second-order valence-corrected chi connectivity index (χ2v) is 8.37. The van der Waals surface area contributed by atoms with Gasteiger partial charge in [0.1, 0.15) is 18.9 Å². The zero-order valence-electron chi connectivity index (χ0n) is 18.1. The van der Waals surface area contributed by atoms with Gasteiger partial charge in [-0.1, -0.05) is 84.0 Å². The maximum Gasteiger partial charge on any atom is 0.305 e. The number of aliphatic hydroxyl groups excluding tert-OH is 2. The van der Waals surface area contributed by atoms with Gasteiger partial charge < -0.3 is 25.4 Å². The Kier molecular flexibility index (Phi) is 20.3. The topological polar surface area (TPSA) is 119 Å². The Morgan fingerprint density at radius 1 is 0.862 bits per heavy atom. The lowest BCUT2D eigenvalue weighted by Crippen LogP contribution is -2.35. The summed E-state index contributed by atoms with van der Waals surface area (Å²) in [5, 5.41) is 18.7. The molecule has 0 saturated carbocycles. The maximum absolute atomic E-state index is 11.7. The number of carbonyl (C=O) groups is 1. The predicted octanol–water partition coefficient (Wildman–Crippen LogP) is 4.28. The largest absolute Gasteiger partial charge is 0.463 e. The van der Waals surface area contributed by atoms with E-state index in [2.05, 4.69) is 6.92 Å². The van der Waals surface area contributed by atoms with Crippen LogP contribution in [-0.4, -0.2) is 47.6 Å². The number of hydrogen-bond donors (Lipinski definition) is 3. The van der Waals surface area contributed by atoms with Gasteiger partial charge in [-0.2, -0.15) is 0 Å². The number of carbonyl (C=O) groups excluding carboxylic acids is 1. The lowest BCUT2D eigenvalue weighted by atomic mass is 10.0. The van der Waals surface area contributed by atoms with Gasteiger partial charge in [-0.15, -0.1) is 0 Å². The van der Waals surface area contributed by atoms with Crippen LogP contribution in [0.4, 0.5) is 0 Å². The third kappa shape index (κ3) is 19.1. The molecule has 0 spiro atoms. The first kappa shape index (κ1) is 28.4. The van der Waals surface area contributed by atoms with E-state index in [-0.39, 0.29) is 19.2 Å². The van der Waals surface area contributed by atoms with Gasteiger partial charge in [0.25, 0.3) is 0 Å². The molecule has 0 aliphatic rings. The van der Waals surface area contributed by atoms with E-state index in [9.17, 15) is 14.5 Å². The molecule has 0 aliphatic carbocycles. The average Bonchev–Trinajstić information content (AvgIpc) is 2.70. The highest BCUT2D eigenvalue weighted by atomic mass is 31.1. The van der Waals surface area contributed by atoms with Crippen molar-refractivity contribution in [2.75, 3.05) is 13.2 Å². The van der Waals surface area contributed by atoms with Crippen molar-refractivity contribution in [3.8, 4) is 0 Å². The Morgan fingerprint density at radius 2 is 1.34 bits per heavy atom. The van der Waals surface area contributed by atoms with Crippen molar-refractivity contribution in [2.45, 2.75) is 115 Å². The lowest BCUT2D eigenvalue weighted by molar-refractivity contribution is -0.148. The molecule has 8 heteroatoms. The number of rotatable bonds is 21. The van der Waals surface area contributed by atoms with Crippen LogP contribution in [0.2, 0.25) is 0 Å². The molecule has 0 fully saturated rings. The summed E-state index contributed by atoms with van der Waals surface area (Å²) in [5.74, 6) is -1.45. The van der Waals surface area contributed by atoms with Crippen LogP contribution >= 0.6 is 8.46 Å². The standard InChI is InChI=1S/C21H42NO6P/c1-2-3-4-5-6-7-8-9-10-11-12-13-14-15-19(24)27-16-18(23)17-28-21(29-26)20(22)25/h18,20-21,23,25H,2-17,22H2,1H3. The van der Waals surface area contributed by atoms with E-state index < -0.39 is 26.6 Å². The molecule has 3 atom stereocenters. The van der Waals surface area contributed by atoms with Gasteiger partial charge in [0.15, 0.2) is 14.3 Å². The Bertz CT molecular complexity index is 397. The van der Waals surface area contributed by atoms with E-state index in [1.165, 1.54) is 64.2 Å².